The van der Waals surface area contributed by atoms with E-state index in [2.05, 4.69) is 0 Å². The molecule has 0 amide bonds. The van der Waals surface area contributed by atoms with Crippen molar-refractivity contribution >= 4 is 22.8 Å². The van der Waals surface area contributed by atoms with Gasteiger partial charge in [-0.15, -0.1) is 11.3 Å². The first kappa shape index (κ1) is 14.6. The summed E-state index contributed by atoms with van der Waals surface area (Å²) in [6, 6.07) is 5.91. The largest absolute Gasteiger partial charge is 0.300 e. The Morgan fingerprint density at radius 1 is 1.52 bits per heavy atom. The van der Waals surface area contributed by atoms with Crippen LogP contribution in [0.3, 0.4) is 0 Å². The summed E-state index contributed by atoms with van der Waals surface area (Å²) in [7, 11) is 0. The number of hydrogen-bond donors (Lipinski definition) is 0. The third kappa shape index (κ3) is 3.04. The second kappa shape index (κ2) is 5.68. The third-order valence-corrected chi connectivity index (χ3v) is 3.77. The van der Waals surface area contributed by atoms with Gasteiger partial charge in [-0.2, -0.15) is 5.26 Å². The third-order valence-electron chi connectivity index (χ3n) is 2.73. The van der Waals surface area contributed by atoms with E-state index in [1.54, 1.807) is 18.2 Å². The molecule has 0 spiro atoms. The number of pyridine rings is 1. The van der Waals surface area contributed by atoms with Crippen LogP contribution in [0, 0.1) is 28.4 Å². The Morgan fingerprint density at radius 2 is 2.24 bits per heavy atom. The van der Waals surface area contributed by atoms with E-state index in [1.807, 2.05) is 6.92 Å². The quantitative estimate of drug-likeness (QED) is 0.487. The van der Waals surface area contributed by atoms with E-state index in [0.717, 1.165) is 21.7 Å². The lowest BCUT2D eigenvalue weighted by Gasteiger charge is -2.04. The van der Waals surface area contributed by atoms with Crippen LogP contribution >= 0.6 is 11.3 Å². The van der Waals surface area contributed by atoms with Crippen molar-refractivity contribution in [2.75, 3.05) is 0 Å². The van der Waals surface area contributed by atoms with Crippen LogP contribution in [0.15, 0.2) is 29.2 Å². The number of Topliss-reactive ketones (excluding diaryl/α,β-unsaturated/α-hetero) is 1. The number of aromatic nitrogens is 1. The molecule has 2 aromatic heterocycles. The van der Waals surface area contributed by atoms with Crippen LogP contribution in [0.4, 0.5) is 5.69 Å². The van der Waals surface area contributed by atoms with E-state index in [-0.39, 0.29) is 17.9 Å². The maximum atomic E-state index is 12.1. The van der Waals surface area contributed by atoms with Crippen LogP contribution in [0.2, 0.25) is 0 Å². The first-order valence-corrected chi connectivity index (χ1v) is 6.62. The van der Waals surface area contributed by atoms with E-state index in [0.29, 0.717) is 4.88 Å². The number of nitrogens with zero attached hydrogens (tertiary/aromatic N) is 3. The van der Waals surface area contributed by atoms with Gasteiger partial charge in [-0.25, -0.2) is 0 Å². The van der Waals surface area contributed by atoms with E-state index in [1.165, 1.54) is 11.3 Å². The number of rotatable bonds is 4. The molecule has 0 bridgehead atoms. The summed E-state index contributed by atoms with van der Waals surface area (Å²) in [6.45, 7) is 1.50. The molecule has 0 saturated heterocycles. The first-order chi connectivity index (χ1) is 9.92. The fourth-order valence-electron chi connectivity index (χ4n) is 1.73. The minimum atomic E-state index is -0.718. The fraction of sp³-hybridized carbons (Fsp3) is 0.154. The summed E-state index contributed by atoms with van der Waals surface area (Å²) < 4.78 is 0.897. The van der Waals surface area contributed by atoms with Gasteiger partial charge in [0.15, 0.2) is 5.78 Å². The summed E-state index contributed by atoms with van der Waals surface area (Å²) in [4.78, 5) is 35.5. The molecule has 2 aromatic rings. The van der Waals surface area contributed by atoms with Gasteiger partial charge in [-0.05, 0) is 19.1 Å². The van der Waals surface area contributed by atoms with Crippen LogP contribution in [0.25, 0.3) is 0 Å². The average molecular weight is 303 g/mol. The molecule has 7 nitrogen and oxygen atoms in total. The molecule has 2 heterocycles. The monoisotopic (exact) mass is 303 g/mol. The maximum Gasteiger partial charge on any atom is 0.287 e. The molecule has 106 valence electrons. The molecule has 2 rings (SSSR count). The lowest BCUT2D eigenvalue weighted by Crippen LogP contribution is -2.26. The second-order valence-corrected chi connectivity index (χ2v) is 5.54. The van der Waals surface area contributed by atoms with Crippen LogP contribution in [-0.2, 0) is 6.54 Å². The van der Waals surface area contributed by atoms with Gasteiger partial charge in [0.2, 0.25) is 0 Å². The van der Waals surface area contributed by atoms with Crippen molar-refractivity contribution in [1.82, 2.24) is 4.57 Å². The van der Waals surface area contributed by atoms with E-state index < -0.39 is 16.2 Å². The van der Waals surface area contributed by atoms with Crippen LogP contribution in [0.5, 0.6) is 0 Å². The Morgan fingerprint density at radius 3 is 2.76 bits per heavy atom. The number of carbonyl (C=O) groups is 1. The minimum absolute atomic E-state index is 0.334. The number of carbonyl (C=O) groups excluding carboxylic acids is 1. The van der Waals surface area contributed by atoms with Crippen LogP contribution in [0.1, 0.15) is 20.1 Å². The van der Waals surface area contributed by atoms with Crippen molar-refractivity contribution < 1.29 is 9.72 Å². The van der Waals surface area contributed by atoms with E-state index >= 15 is 0 Å². The molecule has 0 saturated carbocycles. The standard InChI is InChI=1S/C13H9N3O4S/c1-8-2-3-12(21-8)11(17)7-15-6-10(16(19)20)4-9(5-14)13(15)18/h2-4,6H,7H2,1H3. The molecule has 21 heavy (non-hydrogen) atoms. The van der Waals surface area contributed by atoms with Gasteiger partial charge in [-0.1, -0.05) is 0 Å². The highest BCUT2D eigenvalue weighted by atomic mass is 32.1. The van der Waals surface area contributed by atoms with Crippen molar-refractivity contribution in [3.8, 4) is 6.07 Å². The van der Waals surface area contributed by atoms with Gasteiger partial charge in [-0.3, -0.25) is 24.3 Å². The van der Waals surface area contributed by atoms with E-state index in [9.17, 15) is 19.7 Å². The van der Waals surface area contributed by atoms with Gasteiger partial charge in [0.1, 0.15) is 11.6 Å². The number of aryl methyl sites for hydroxylation is 1. The Kier molecular flexibility index (Phi) is 3.95. The molecule has 0 aliphatic rings. The van der Waals surface area contributed by atoms with Gasteiger partial charge in [0, 0.05) is 10.9 Å². The maximum absolute atomic E-state index is 12.1. The number of ketones is 1. The molecular formula is C13H9N3O4S. The Bertz CT molecular complexity index is 829. The summed E-state index contributed by atoms with van der Waals surface area (Å²) >= 11 is 1.28. The molecule has 0 unspecified atom stereocenters. The summed E-state index contributed by atoms with van der Waals surface area (Å²) in [5.74, 6) is -0.334. The molecule has 0 fully saturated rings. The van der Waals surface area contributed by atoms with Crippen LogP contribution < -0.4 is 5.56 Å². The Hall–Kier alpha value is -2.79. The van der Waals surface area contributed by atoms with Crippen molar-refractivity contribution in [3.05, 3.63) is 60.2 Å². The molecule has 0 aromatic carbocycles. The summed E-state index contributed by atoms with van der Waals surface area (Å²) in [5.41, 5.74) is -1.48. The minimum Gasteiger partial charge on any atom is -0.300 e. The van der Waals surface area contributed by atoms with Crippen molar-refractivity contribution in [2.24, 2.45) is 0 Å². The van der Waals surface area contributed by atoms with Gasteiger partial charge >= 0.3 is 0 Å². The molecule has 8 heteroatoms. The summed E-state index contributed by atoms with van der Waals surface area (Å²) in [5, 5.41) is 19.6. The fourth-order valence-corrected chi connectivity index (χ4v) is 2.53. The molecule has 0 aliphatic carbocycles. The zero-order chi connectivity index (χ0) is 15.6. The van der Waals surface area contributed by atoms with Gasteiger partial charge < -0.3 is 0 Å². The average Bonchev–Trinajstić information content (AvgIpc) is 2.87. The molecule has 0 atom stereocenters. The number of hydrogen-bond acceptors (Lipinski definition) is 6. The normalized spacial score (nSPS) is 10.1. The van der Waals surface area contributed by atoms with Crippen LogP contribution in [-0.4, -0.2) is 15.3 Å². The lowest BCUT2D eigenvalue weighted by molar-refractivity contribution is -0.385. The van der Waals surface area contributed by atoms with Crippen molar-refractivity contribution in [1.29, 1.82) is 5.26 Å². The SMILES string of the molecule is Cc1ccc(C(=O)Cn2cc([N+](=O)[O-])cc(C#N)c2=O)s1. The predicted molar refractivity (Wildman–Crippen MR) is 75.5 cm³/mol. The second-order valence-electron chi connectivity index (χ2n) is 4.25. The lowest BCUT2D eigenvalue weighted by atomic mass is 10.2. The number of thiophene rings is 1. The Balaban J connectivity index is 2.42. The zero-order valence-electron chi connectivity index (χ0n) is 10.9. The molecule has 0 radical (unpaired) electrons. The van der Waals surface area contributed by atoms with Gasteiger partial charge in [0.05, 0.1) is 22.5 Å². The highest BCUT2D eigenvalue weighted by Gasteiger charge is 2.16. The number of nitriles is 1. The summed E-state index contributed by atoms with van der Waals surface area (Å²) in [6.07, 6.45) is 0.974. The topological polar surface area (TPSA) is 106 Å². The molecule has 0 N–H and O–H groups in total. The van der Waals surface area contributed by atoms with Gasteiger partial charge in [0.25, 0.3) is 11.2 Å². The van der Waals surface area contributed by atoms with Crippen molar-refractivity contribution in [2.45, 2.75) is 13.5 Å². The van der Waals surface area contributed by atoms with E-state index in [4.69, 9.17) is 5.26 Å². The van der Waals surface area contributed by atoms with Crippen molar-refractivity contribution in [3.63, 3.8) is 0 Å². The Labute approximate surface area is 122 Å². The zero-order valence-corrected chi connectivity index (χ0v) is 11.7. The molecular weight excluding hydrogens is 294 g/mol. The first-order valence-electron chi connectivity index (χ1n) is 5.81. The smallest absolute Gasteiger partial charge is 0.287 e. The number of nitro groups is 1. The highest BCUT2D eigenvalue weighted by molar-refractivity contribution is 7.14. The predicted octanol–water partition coefficient (Wildman–Crippen LogP) is 1.88. The molecule has 0 aliphatic heterocycles. The highest BCUT2D eigenvalue weighted by Crippen LogP contribution is 2.17.